The third kappa shape index (κ3) is 6.67. The lowest BCUT2D eigenvalue weighted by Gasteiger charge is -2.30. The number of carbonyl (C=O) groups is 2. The lowest BCUT2D eigenvalue weighted by molar-refractivity contribution is -0.138. The fourth-order valence-corrected chi connectivity index (χ4v) is 4.47. The number of aliphatic carboxylic acids is 1. The molecule has 0 aliphatic carbocycles. The SMILES string of the molecule is O=C(O)Cn1nnnc1SC1CCN(C(=O)Oc2ccc(CCOc3cccnc3)cc2)CC1. The highest BCUT2D eigenvalue weighted by Crippen LogP contribution is 2.29. The monoisotopic (exact) mass is 484 g/mol. The Labute approximate surface area is 200 Å². The molecule has 0 bridgehead atoms. The highest BCUT2D eigenvalue weighted by molar-refractivity contribution is 7.99. The van der Waals surface area contributed by atoms with Crippen LogP contribution in [0.3, 0.4) is 0 Å². The van der Waals surface area contributed by atoms with Gasteiger partial charge in [-0.25, -0.2) is 9.48 Å². The van der Waals surface area contributed by atoms with E-state index in [9.17, 15) is 9.59 Å². The van der Waals surface area contributed by atoms with E-state index in [4.69, 9.17) is 14.6 Å². The second-order valence-electron chi connectivity index (χ2n) is 7.62. The number of carbonyl (C=O) groups excluding carboxylic acids is 1. The van der Waals surface area contributed by atoms with Gasteiger partial charge in [0.25, 0.3) is 0 Å². The van der Waals surface area contributed by atoms with Gasteiger partial charge in [-0.3, -0.25) is 9.78 Å². The molecule has 0 radical (unpaired) electrons. The minimum Gasteiger partial charge on any atom is -0.492 e. The number of tetrazole rings is 1. The maximum Gasteiger partial charge on any atom is 0.415 e. The maximum atomic E-state index is 12.5. The molecule has 1 amide bonds. The van der Waals surface area contributed by atoms with Crippen LogP contribution in [0, 0.1) is 0 Å². The lowest BCUT2D eigenvalue weighted by atomic mass is 10.1. The molecule has 1 fully saturated rings. The van der Waals surface area contributed by atoms with Crippen LogP contribution in [-0.4, -0.2) is 72.2 Å². The summed E-state index contributed by atoms with van der Waals surface area (Å²) in [6, 6.07) is 11.1. The van der Waals surface area contributed by atoms with Gasteiger partial charge in [-0.05, 0) is 53.1 Å². The molecule has 0 saturated carbocycles. The Balaban J connectivity index is 1.19. The number of likely N-dealkylation sites (tertiary alicyclic amines) is 1. The van der Waals surface area contributed by atoms with Gasteiger partial charge in [0, 0.05) is 31.0 Å². The first-order valence-corrected chi connectivity index (χ1v) is 11.7. The molecule has 0 unspecified atom stereocenters. The Hall–Kier alpha value is -3.67. The normalized spacial score (nSPS) is 14.1. The van der Waals surface area contributed by atoms with Gasteiger partial charge in [0.2, 0.25) is 5.16 Å². The fraction of sp³-hybridized carbons (Fsp3) is 0.364. The third-order valence-corrected chi connectivity index (χ3v) is 6.49. The predicted octanol–water partition coefficient (Wildman–Crippen LogP) is 2.53. The third-order valence-electron chi connectivity index (χ3n) is 5.18. The molecule has 4 rings (SSSR count). The maximum absolute atomic E-state index is 12.5. The van der Waals surface area contributed by atoms with Crippen molar-refractivity contribution in [1.29, 1.82) is 0 Å². The van der Waals surface area contributed by atoms with Crippen LogP contribution in [0.5, 0.6) is 11.5 Å². The fourth-order valence-electron chi connectivity index (χ4n) is 3.42. The van der Waals surface area contributed by atoms with Crippen molar-refractivity contribution in [3.63, 3.8) is 0 Å². The van der Waals surface area contributed by atoms with Gasteiger partial charge in [0.1, 0.15) is 18.0 Å². The molecular formula is C22H24N6O5S. The van der Waals surface area contributed by atoms with E-state index in [0.717, 1.165) is 30.6 Å². The summed E-state index contributed by atoms with van der Waals surface area (Å²) < 4.78 is 12.4. The number of nitrogens with zero attached hydrogens (tertiary/aromatic N) is 6. The number of ether oxygens (including phenoxy) is 2. The van der Waals surface area contributed by atoms with Crippen LogP contribution in [0.2, 0.25) is 0 Å². The molecule has 3 aromatic rings. The van der Waals surface area contributed by atoms with E-state index in [1.165, 1.54) is 16.4 Å². The van der Waals surface area contributed by atoms with Gasteiger partial charge in [-0.15, -0.1) is 5.10 Å². The Morgan fingerprint density at radius 2 is 1.91 bits per heavy atom. The minimum atomic E-state index is -1.00. The summed E-state index contributed by atoms with van der Waals surface area (Å²) in [6.07, 6.45) is 5.18. The highest BCUT2D eigenvalue weighted by Gasteiger charge is 2.26. The highest BCUT2D eigenvalue weighted by atomic mass is 32.2. The molecule has 34 heavy (non-hydrogen) atoms. The Morgan fingerprint density at radius 1 is 1.12 bits per heavy atom. The lowest BCUT2D eigenvalue weighted by Crippen LogP contribution is -2.41. The summed E-state index contributed by atoms with van der Waals surface area (Å²) in [5.74, 6) is 0.220. The van der Waals surface area contributed by atoms with Crippen molar-refractivity contribution in [2.45, 2.75) is 36.2 Å². The zero-order valence-corrected chi connectivity index (χ0v) is 19.1. The number of hydrogen-bond acceptors (Lipinski definition) is 9. The predicted molar refractivity (Wildman–Crippen MR) is 122 cm³/mol. The van der Waals surface area contributed by atoms with Gasteiger partial charge >= 0.3 is 12.1 Å². The number of rotatable bonds is 9. The minimum absolute atomic E-state index is 0.191. The standard InChI is InChI=1S/C22H24N6O5S/c29-20(30)15-28-21(24-25-26-28)34-19-7-11-27(12-8-19)22(31)33-17-5-3-16(4-6-17)9-13-32-18-2-1-10-23-14-18/h1-6,10,14,19H,7-9,11-13,15H2,(H,29,30). The van der Waals surface area contributed by atoms with E-state index in [1.807, 2.05) is 24.3 Å². The second kappa shape index (κ2) is 11.5. The summed E-state index contributed by atoms with van der Waals surface area (Å²) in [5.41, 5.74) is 1.08. The number of thioether (sulfide) groups is 1. The number of aromatic nitrogens is 5. The average Bonchev–Trinajstić information content (AvgIpc) is 3.27. The molecular weight excluding hydrogens is 460 g/mol. The van der Waals surface area contributed by atoms with E-state index >= 15 is 0 Å². The largest absolute Gasteiger partial charge is 0.492 e. The summed E-state index contributed by atoms with van der Waals surface area (Å²) in [7, 11) is 0. The van der Waals surface area contributed by atoms with Crippen molar-refractivity contribution in [2.75, 3.05) is 19.7 Å². The first-order valence-electron chi connectivity index (χ1n) is 10.8. The number of benzene rings is 1. The van der Waals surface area contributed by atoms with E-state index < -0.39 is 5.97 Å². The molecule has 0 atom stereocenters. The summed E-state index contributed by atoms with van der Waals surface area (Å²) in [4.78, 5) is 29.1. The van der Waals surface area contributed by atoms with Crippen LogP contribution >= 0.6 is 11.8 Å². The van der Waals surface area contributed by atoms with Crippen molar-refractivity contribution in [1.82, 2.24) is 30.1 Å². The van der Waals surface area contributed by atoms with E-state index in [2.05, 4.69) is 20.5 Å². The molecule has 1 aromatic carbocycles. The Morgan fingerprint density at radius 3 is 2.62 bits per heavy atom. The van der Waals surface area contributed by atoms with Crippen molar-refractivity contribution in [2.24, 2.45) is 0 Å². The van der Waals surface area contributed by atoms with Crippen LogP contribution in [0.4, 0.5) is 4.79 Å². The first-order chi connectivity index (χ1) is 16.6. The van der Waals surface area contributed by atoms with Crippen molar-refractivity contribution in [3.05, 3.63) is 54.4 Å². The van der Waals surface area contributed by atoms with Gasteiger partial charge < -0.3 is 19.5 Å². The molecule has 1 N–H and O–H groups in total. The molecule has 1 saturated heterocycles. The molecule has 12 heteroatoms. The van der Waals surface area contributed by atoms with E-state index in [0.29, 0.717) is 30.6 Å². The van der Waals surface area contributed by atoms with Crippen LogP contribution in [0.25, 0.3) is 0 Å². The van der Waals surface area contributed by atoms with Crippen LogP contribution in [0.15, 0.2) is 53.9 Å². The number of carboxylic acid groups (broad SMARTS) is 1. The number of hydrogen-bond donors (Lipinski definition) is 1. The molecule has 3 heterocycles. The van der Waals surface area contributed by atoms with Crippen molar-refractivity contribution >= 4 is 23.8 Å². The summed E-state index contributed by atoms with van der Waals surface area (Å²) >= 11 is 1.44. The number of carboxylic acids is 1. The number of pyridine rings is 1. The number of piperidine rings is 1. The summed E-state index contributed by atoms with van der Waals surface area (Å²) in [5, 5.41) is 20.8. The Kier molecular flexibility index (Phi) is 7.91. The average molecular weight is 485 g/mol. The molecule has 0 spiro atoms. The summed E-state index contributed by atoms with van der Waals surface area (Å²) in [6.45, 7) is 1.33. The Bertz CT molecular complexity index is 1090. The zero-order valence-electron chi connectivity index (χ0n) is 18.3. The molecule has 11 nitrogen and oxygen atoms in total. The molecule has 1 aliphatic heterocycles. The van der Waals surface area contributed by atoms with Gasteiger partial charge in [-0.2, -0.15) is 0 Å². The van der Waals surface area contributed by atoms with Crippen LogP contribution < -0.4 is 9.47 Å². The first kappa shape index (κ1) is 23.5. The molecule has 2 aromatic heterocycles. The quantitative estimate of drug-likeness (QED) is 0.483. The van der Waals surface area contributed by atoms with Crippen molar-refractivity contribution < 1.29 is 24.2 Å². The van der Waals surface area contributed by atoms with E-state index in [-0.39, 0.29) is 17.9 Å². The van der Waals surface area contributed by atoms with Gasteiger partial charge in [-0.1, -0.05) is 23.9 Å². The van der Waals surface area contributed by atoms with Crippen LogP contribution in [-0.2, 0) is 17.8 Å². The molecule has 1 aliphatic rings. The molecule has 178 valence electrons. The van der Waals surface area contributed by atoms with Gasteiger partial charge in [0.05, 0.1) is 12.8 Å². The van der Waals surface area contributed by atoms with Gasteiger partial charge in [0.15, 0.2) is 0 Å². The van der Waals surface area contributed by atoms with Crippen LogP contribution in [0.1, 0.15) is 18.4 Å². The second-order valence-corrected chi connectivity index (χ2v) is 8.88. The topological polar surface area (TPSA) is 133 Å². The van der Waals surface area contributed by atoms with Crippen molar-refractivity contribution in [3.8, 4) is 11.5 Å². The smallest absolute Gasteiger partial charge is 0.415 e. The van der Waals surface area contributed by atoms with E-state index in [1.54, 1.807) is 29.4 Å². The zero-order chi connectivity index (χ0) is 23.8. The number of amides is 1.